The molecule has 0 fully saturated rings. The van der Waals surface area contributed by atoms with E-state index in [0.29, 0.717) is 17.9 Å². The van der Waals surface area contributed by atoms with Gasteiger partial charge < -0.3 is 15.1 Å². The molecule has 1 aromatic heterocycles. The summed E-state index contributed by atoms with van der Waals surface area (Å²) in [6.07, 6.45) is 0. The van der Waals surface area contributed by atoms with Crippen LogP contribution in [0.3, 0.4) is 0 Å². The van der Waals surface area contributed by atoms with Crippen molar-refractivity contribution < 1.29 is 14.1 Å². The van der Waals surface area contributed by atoms with Gasteiger partial charge in [0.05, 0.1) is 15.5 Å². The highest BCUT2D eigenvalue weighted by Gasteiger charge is 2.23. The minimum atomic E-state index is -0.504. The van der Waals surface area contributed by atoms with E-state index < -0.39 is 4.92 Å². The molecule has 0 saturated carbocycles. The SMILES string of the molecule is Cc1oc(C(C)(C)C)cc1C(=O)NCCNc1c(Cl)cccc1[N+](=O)[O-]. The molecule has 2 rings (SSSR count). The van der Waals surface area contributed by atoms with Gasteiger partial charge in [-0.1, -0.05) is 38.4 Å². The minimum Gasteiger partial charge on any atom is -0.465 e. The third kappa shape index (κ3) is 4.54. The highest BCUT2D eigenvalue weighted by Crippen LogP contribution is 2.31. The molecule has 0 bridgehead atoms. The van der Waals surface area contributed by atoms with Crippen LogP contribution in [0.1, 0.15) is 42.6 Å². The van der Waals surface area contributed by atoms with Crippen molar-refractivity contribution in [2.75, 3.05) is 18.4 Å². The van der Waals surface area contributed by atoms with Gasteiger partial charge in [0.25, 0.3) is 11.6 Å². The predicted molar refractivity (Wildman–Crippen MR) is 101 cm³/mol. The van der Waals surface area contributed by atoms with E-state index >= 15 is 0 Å². The highest BCUT2D eigenvalue weighted by atomic mass is 35.5. The normalized spacial score (nSPS) is 11.3. The number of anilines is 1. The molecule has 0 radical (unpaired) electrons. The molecule has 0 aliphatic rings. The van der Waals surface area contributed by atoms with Crippen molar-refractivity contribution in [3.8, 4) is 0 Å². The number of nitrogens with zero attached hydrogens (tertiary/aromatic N) is 1. The first kappa shape index (κ1) is 19.8. The Balaban J connectivity index is 1.96. The molecule has 1 heterocycles. The molecule has 2 aromatic rings. The molecular weight excluding hydrogens is 358 g/mol. The van der Waals surface area contributed by atoms with E-state index in [1.54, 1.807) is 19.1 Å². The van der Waals surface area contributed by atoms with Crippen molar-refractivity contribution in [3.05, 3.63) is 56.5 Å². The van der Waals surface area contributed by atoms with Crippen LogP contribution in [0.15, 0.2) is 28.7 Å². The Kier molecular flexibility index (Phi) is 5.92. The fraction of sp³-hybridized carbons (Fsp3) is 0.389. The largest absolute Gasteiger partial charge is 0.465 e. The van der Waals surface area contributed by atoms with E-state index in [-0.39, 0.29) is 34.3 Å². The minimum absolute atomic E-state index is 0.107. The topological polar surface area (TPSA) is 97.4 Å². The quantitative estimate of drug-likeness (QED) is 0.443. The average molecular weight is 380 g/mol. The number of carbonyl (C=O) groups is 1. The first-order valence-corrected chi connectivity index (χ1v) is 8.55. The number of carbonyl (C=O) groups excluding carboxylic acids is 1. The predicted octanol–water partition coefficient (Wildman–Crippen LogP) is 4.29. The van der Waals surface area contributed by atoms with Crippen LogP contribution in [0.25, 0.3) is 0 Å². The Morgan fingerprint density at radius 3 is 2.58 bits per heavy atom. The number of amides is 1. The fourth-order valence-corrected chi connectivity index (χ4v) is 2.61. The summed E-state index contributed by atoms with van der Waals surface area (Å²) in [4.78, 5) is 22.9. The second kappa shape index (κ2) is 7.78. The zero-order valence-electron chi connectivity index (χ0n) is 15.2. The van der Waals surface area contributed by atoms with Gasteiger partial charge in [0, 0.05) is 24.6 Å². The number of nitro benzene ring substituents is 1. The third-order valence-electron chi connectivity index (χ3n) is 3.80. The number of furan rings is 1. The second-order valence-electron chi connectivity index (χ2n) is 6.90. The molecular formula is C18H22ClN3O4. The molecule has 8 heteroatoms. The summed E-state index contributed by atoms with van der Waals surface area (Å²) in [6.45, 7) is 8.33. The van der Waals surface area contributed by atoms with Crippen molar-refractivity contribution in [1.29, 1.82) is 0 Å². The van der Waals surface area contributed by atoms with Gasteiger partial charge in [-0.2, -0.15) is 0 Å². The van der Waals surface area contributed by atoms with Crippen LogP contribution in [0.5, 0.6) is 0 Å². The summed E-state index contributed by atoms with van der Waals surface area (Å²) >= 11 is 6.01. The maximum atomic E-state index is 12.3. The van der Waals surface area contributed by atoms with E-state index in [2.05, 4.69) is 10.6 Å². The van der Waals surface area contributed by atoms with Crippen LogP contribution in [0.4, 0.5) is 11.4 Å². The van der Waals surface area contributed by atoms with E-state index in [9.17, 15) is 14.9 Å². The Hall–Kier alpha value is -2.54. The number of hydrogen-bond donors (Lipinski definition) is 2. The molecule has 0 atom stereocenters. The molecule has 1 aromatic carbocycles. The second-order valence-corrected chi connectivity index (χ2v) is 7.31. The van der Waals surface area contributed by atoms with Gasteiger partial charge in [-0.25, -0.2) is 0 Å². The van der Waals surface area contributed by atoms with Crippen LogP contribution in [-0.4, -0.2) is 23.9 Å². The number of nitrogens with one attached hydrogen (secondary N) is 2. The monoisotopic (exact) mass is 379 g/mol. The van der Waals surface area contributed by atoms with Crippen LogP contribution >= 0.6 is 11.6 Å². The zero-order chi connectivity index (χ0) is 19.5. The number of aryl methyl sites for hydroxylation is 1. The van der Waals surface area contributed by atoms with E-state index in [1.807, 2.05) is 20.8 Å². The van der Waals surface area contributed by atoms with Crippen molar-refractivity contribution in [1.82, 2.24) is 5.32 Å². The maximum Gasteiger partial charge on any atom is 0.293 e. The van der Waals surface area contributed by atoms with Gasteiger partial charge in [0.1, 0.15) is 17.2 Å². The molecule has 0 spiro atoms. The standard InChI is InChI=1S/C18H22ClN3O4/c1-11-12(10-15(26-11)18(2,3)4)17(23)21-9-8-20-16-13(19)6-5-7-14(16)22(24)25/h5-7,10,20H,8-9H2,1-4H3,(H,21,23). The average Bonchev–Trinajstić information content (AvgIpc) is 2.94. The molecule has 1 amide bonds. The van der Waals surface area contributed by atoms with E-state index in [1.165, 1.54) is 12.1 Å². The number of benzene rings is 1. The molecule has 7 nitrogen and oxygen atoms in total. The summed E-state index contributed by atoms with van der Waals surface area (Å²) in [7, 11) is 0. The van der Waals surface area contributed by atoms with Crippen molar-refractivity contribution in [2.24, 2.45) is 0 Å². The van der Waals surface area contributed by atoms with Crippen LogP contribution in [0, 0.1) is 17.0 Å². The van der Waals surface area contributed by atoms with Crippen LogP contribution in [-0.2, 0) is 5.41 Å². The van der Waals surface area contributed by atoms with Gasteiger partial charge in [0.15, 0.2) is 0 Å². The zero-order valence-corrected chi connectivity index (χ0v) is 15.9. The van der Waals surface area contributed by atoms with Gasteiger partial charge >= 0.3 is 0 Å². The van der Waals surface area contributed by atoms with Crippen LogP contribution in [0.2, 0.25) is 5.02 Å². The molecule has 2 N–H and O–H groups in total. The fourth-order valence-electron chi connectivity index (χ4n) is 2.38. The molecule has 0 unspecified atom stereocenters. The number of hydrogen-bond acceptors (Lipinski definition) is 5. The van der Waals surface area contributed by atoms with E-state index in [4.69, 9.17) is 16.0 Å². The smallest absolute Gasteiger partial charge is 0.293 e. The van der Waals surface area contributed by atoms with Gasteiger partial charge in [-0.15, -0.1) is 0 Å². The highest BCUT2D eigenvalue weighted by molar-refractivity contribution is 6.33. The Morgan fingerprint density at radius 2 is 2.00 bits per heavy atom. The summed E-state index contributed by atoms with van der Waals surface area (Å²) in [5, 5.41) is 17.0. The third-order valence-corrected chi connectivity index (χ3v) is 4.12. The summed E-state index contributed by atoms with van der Waals surface area (Å²) in [5.74, 6) is 1.05. The molecule has 0 aliphatic heterocycles. The summed E-state index contributed by atoms with van der Waals surface area (Å²) < 4.78 is 5.66. The van der Waals surface area contributed by atoms with Crippen LogP contribution < -0.4 is 10.6 Å². The number of nitro groups is 1. The van der Waals surface area contributed by atoms with Gasteiger partial charge in [-0.3, -0.25) is 14.9 Å². The van der Waals surface area contributed by atoms with Crippen molar-refractivity contribution in [3.63, 3.8) is 0 Å². The lowest BCUT2D eigenvalue weighted by molar-refractivity contribution is -0.383. The van der Waals surface area contributed by atoms with Crippen molar-refractivity contribution in [2.45, 2.75) is 33.1 Å². The molecule has 26 heavy (non-hydrogen) atoms. The lowest BCUT2D eigenvalue weighted by Gasteiger charge is -2.13. The molecule has 0 aliphatic carbocycles. The molecule has 0 saturated heterocycles. The number of rotatable bonds is 6. The summed E-state index contributed by atoms with van der Waals surface area (Å²) in [6, 6.07) is 6.20. The molecule has 140 valence electrons. The lowest BCUT2D eigenvalue weighted by Crippen LogP contribution is -2.29. The number of para-hydroxylation sites is 1. The van der Waals surface area contributed by atoms with Gasteiger partial charge in [-0.05, 0) is 19.1 Å². The van der Waals surface area contributed by atoms with E-state index in [0.717, 1.165) is 5.76 Å². The first-order valence-electron chi connectivity index (χ1n) is 8.17. The Morgan fingerprint density at radius 1 is 1.31 bits per heavy atom. The van der Waals surface area contributed by atoms with Gasteiger partial charge in [0.2, 0.25) is 0 Å². The maximum absolute atomic E-state index is 12.3. The Labute approximate surface area is 156 Å². The Bertz CT molecular complexity index is 824. The lowest BCUT2D eigenvalue weighted by atomic mass is 9.93. The number of halogens is 1. The first-order chi connectivity index (χ1) is 12.1. The summed E-state index contributed by atoms with van der Waals surface area (Å²) in [5.41, 5.74) is 0.430. The van der Waals surface area contributed by atoms with Crippen molar-refractivity contribution >= 4 is 28.9 Å².